The lowest BCUT2D eigenvalue weighted by Crippen LogP contribution is -2.54. The van der Waals surface area contributed by atoms with E-state index in [1.807, 2.05) is 27.7 Å². The summed E-state index contributed by atoms with van der Waals surface area (Å²) in [5, 5.41) is 2.87. The first-order valence-electron chi connectivity index (χ1n) is 13.3. The number of nitrogens with zero attached hydrogens (tertiary/aromatic N) is 2. The van der Waals surface area contributed by atoms with Crippen molar-refractivity contribution >= 4 is 27.5 Å². The molecular weight excluding hydrogens is 561 g/mol. The third-order valence-electron chi connectivity index (χ3n) is 6.48. The Morgan fingerprint density at radius 1 is 0.929 bits per heavy atom. The van der Waals surface area contributed by atoms with Gasteiger partial charge in [0.25, 0.3) is 10.0 Å². The van der Waals surface area contributed by atoms with Crippen molar-refractivity contribution in [1.82, 2.24) is 10.2 Å². The summed E-state index contributed by atoms with van der Waals surface area (Å²) in [7, 11) is -1.47. The fraction of sp³-hybridized carbons (Fsp3) is 0.355. The fourth-order valence-electron chi connectivity index (χ4n) is 4.19. The SMILES string of the molecule is COc1ccc(S(=O)(=O)N(CC(=O)N(Cc2ccc(F)cc2)C(C)C(=O)NC(C)(C)C)c2ccc(C)cc2)cc1OC. The normalized spacial score (nSPS) is 12.3. The van der Waals surface area contributed by atoms with Gasteiger partial charge in [-0.25, -0.2) is 12.8 Å². The van der Waals surface area contributed by atoms with Gasteiger partial charge in [-0.15, -0.1) is 0 Å². The molecule has 3 aromatic rings. The Balaban J connectivity index is 2.07. The number of sulfonamides is 1. The maximum atomic E-state index is 14.1. The number of aryl methyl sites for hydroxylation is 1. The van der Waals surface area contributed by atoms with Gasteiger partial charge in [-0.05, 0) is 76.6 Å². The number of carbonyl (C=O) groups is 2. The molecule has 0 aromatic heterocycles. The smallest absolute Gasteiger partial charge is 0.264 e. The first kappa shape index (κ1) is 32.4. The van der Waals surface area contributed by atoms with E-state index in [0.717, 1.165) is 9.87 Å². The van der Waals surface area contributed by atoms with Crippen molar-refractivity contribution in [3.8, 4) is 11.5 Å². The maximum Gasteiger partial charge on any atom is 0.264 e. The predicted molar refractivity (Wildman–Crippen MR) is 160 cm³/mol. The summed E-state index contributed by atoms with van der Waals surface area (Å²) in [6.45, 7) is 8.24. The molecule has 0 aliphatic carbocycles. The Hall–Kier alpha value is -4.12. The van der Waals surface area contributed by atoms with Gasteiger partial charge >= 0.3 is 0 Å². The van der Waals surface area contributed by atoms with Crippen molar-refractivity contribution < 1.29 is 31.9 Å². The second-order valence-corrected chi connectivity index (χ2v) is 12.8. The van der Waals surface area contributed by atoms with Crippen molar-refractivity contribution in [2.75, 3.05) is 25.1 Å². The highest BCUT2D eigenvalue weighted by Gasteiger charge is 2.33. The summed E-state index contributed by atoms with van der Waals surface area (Å²) in [4.78, 5) is 28.3. The summed E-state index contributed by atoms with van der Waals surface area (Å²) in [5.74, 6) is -0.928. The van der Waals surface area contributed by atoms with Crippen LogP contribution in [0.4, 0.5) is 10.1 Å². The summed E-state index contributed by atoms with van der Waals surface area (Å²) >= 11 is 0. The lowest BCUT2D eigenvalue weighted by atomic mass is 10.1. The quantitative estimate of drug-likeness (QED) is 0.343. The van der Waals surface area contributed by atoms with E-state index in [4.69, 9.17) is 9.47 Å². The average Bonchev–Trinajstić information content (AvgIpc) is 2.94. The molecule has 0 radical (unpaired) electrons. The summed E-state index contributed by atoms with van der Waals surface area (Å²) in [6.07, 6.45) is 0. The highest BCUT2D eigenvalue weighted by Crippen LogP contribution is 2.32. The van der Waals surface area contributed by atoms with E-state index in [2.05, 4.69) is 5.32 Å². The van der Waals surface area contributed by atoms with Crippen molar-refractivity contribution in [1.29, 1.82) is 0 Å². The van der Waals surface area contributed by atoms with Crippen LogP contribution in [-0.4, -0.2) is 57.5 Å². The molecule has 1 N–H and O–H groups in total. The minimum Gasteiger partial charge on any atom is -0.493 e. The van der Waals surface area contributed by atoms with Crippen LogP contribution in [0, 0.1) is 12.7 Å². The molecule has 0 saturated heterocycles. The Morgan fingerprint density at radius 3 is 2.07 bits per heavy atom. The number of carbonyl (C=O) groups excluding carboxylic acids is 2. The Labute approximate surface area is 247 Å². The van der Waals surface area contributed by atoms with Crippen LogP contribution >= 0.6 is 0 Å². The van der Waals surface area contributed by atoms with Crippen LogP contribution in [0.1, 0.15) is 38.8 Å². The van der Waals surface area contributed by atoms with Crippen LogP contribution in [0.2, 0.25) is 0 Å². The molecule has 0 bridgehead atoms. The maximum absolute atomic E-state index is 14.1. The van der Waals surface area contributed by atoms with Crippen LogP contribution in [0.3, 0.4) is 0 Å². The Morgan fingerprint density at radius 2 is 1.52 bits per heavy atom. The zero-order chi connectivity index (χ0) is 31.2. The number of anilines is 1. The monoisotopic (exact) mass is 599 g/mol. The molecule has 3 aromatic carbocycles. The van der Waals surface area contributed by atoms with E-state index in [-0.39, 0.29) is 22.9 Å². The first-order chi connectivity index (χ1) is 19.7. The Kier molecular flexibility index (Phi) is 10.2. The average molecular weight is 600 g/mol. The van der Waals surface area contributed by atoms with Crippen LogP contribution in [0.5, 0.6) is 11.5 Å². The van der Waals surface area contributed by atoms with Gasteiger partial charge in [0.2, 0.25) is 11.8 Å². The number of benzene rings is 3. The summed E-state index contributed by atoms with van der Waals surface area (Å²) in [5.41, 5.74) is 1.17. The number of hydrogen-bond donors (Lipinski definition) is 1. The van der Waals surface area contributed by atoms with Gasteiger partial charge in [0.05, 0.1) is 24.8 Å². The molecule has 1 atom stereocenters. The van der Waals surface area contributed by atoms with Gasteiger partial charge in [0, 0.05) is 18.2 Å². The first-order valence-corrected chi connectivity index (χ1v) is 14.8. The minimum atomic E-state index is -4.31. The fourth-order valence-corrected chi connectivity index (χ4v) is 5.62. The summed E-state index contributed by atoms with van der Waals surface area (Å²) in [6, 6.07) is 15.5. The molecule has 0 saturated carbocycles. The molecule has 0 aliphatic heterocycles. The molecule has 0 aliphatic rings. The highest BCUT2D eigenvalue weighted by atomic mass is 32.2. The van der Waals surface area contributed by atoms with Crippen molar-refractivity contribution in [3.63, 3.8) is 0 Å². The molecular formula is C31H38FN3O6S. The molecule has 1 unspecified atom stereocenters. The number of methoxy groups -OCH3 is 2. The zero-order valence-electron chi connectivity index (χ0n) is 25.0. The number of nitrogens with one attached hydrogen (secondary N) is 1. The zero-order valence-corrected chi connectivity index (χ0v) is 25.8. The van der Waals surface area contributed by atoms with Gasteiger partial charge in [-0.1, -0.05) is 29.8 Å². The second-order valence-electron chi connectivity index (χ2n) is 10.9. The molecule has 0 fully saturated rings. The molecule has 226 valence electrons. The van der Waals surface area contributed by atoms with Crippen LogP contribution in [0.25, 0.3) is 0 Å². The van der Waals surface area contributed by atoms with Crippen molar-refractivity contribution in [3.05, 3.63) is 83.7 Å². The van der Waals surface area contributed by atoms with Crippen LogP contribution < -0.4 is 19.1 Å². The third kappa shape index (κ3) is 8.00. The molecule has 0 heterocycles. The summed E-state index contributed by atoms with van der Waals surface area (Å²) < 4.78 is 53.3. The van der Waals surface area contributed by atoms with Crippen LogP contribution in [-0.2, 0) is 26.2 Å². The van der Waals surface area contributed by atoms with Gasteiger partial charge in [-0.3, -0.25) is 13.9 Å². The third-order valence-corrected chi connectivity index (χ3v) is 8.25. The largest absolute Gasteiger partial charge is 0.493 e. The van der Waals surface area contributed by atoms with Crippen molar-refractivity contribution in [2.45, 2.75) is 57.6 Å². The van der Waals surface area contributed by atoms with E-state index in [0.29, 0.717) is 11.3 Å². The van der Waals surface area contributed by atoms with Gasteiger partial charge in [0.15, 0.2) is 11.5 Å². The van der Waals surface area contributed by atoms with Gasteiger partial charge < -0.3 is 19.7 Å². The molecule has 9 nitrogen and oxygen atoms in total. The lowest BCUT2D eigenvalue weighted by Gasteiger charge is -2.33. The van der Waals surface area contributed by atoms with E-state index in [9.17, 15) is 22.4 Å². The molecule has 11 heteroatoms. The van der Waals surface area contributed by atoms with Crippen LogP contribution in [0.15, 0.2) is 71.6 Å². The molecule has 42 heavy (non-hydrogen) atoms. The Bertz CT molecular complexity index is 1500. The molecule has 0 spiro atoms. The van der Waals surface area contributed by atoms with E-state index < -0.39 is 45.8 Å². The topological polar surface area (TPSA) is 105 Å². The number of ether oxygens (including phenoxy) is 2. The van der Waals surface area contributed by atoms with Gasteiger partial charge in [0.1, 0.15) is 18.4 Å². The van der Waals surface area contributed by atoms with E-state index >= 15 is 0 Å². The lowest BCUT2D eigenvalue weighted by molar-refractivity contribution is -0.140. The molecule has 3 rings (SSSR count). The predicted octanol–water partition coefficient (Wildman–Crippen LogP) is 4.68. The molecule has 2 amide bonds. The second kappa shape index (κ2) is 13.2. The highest BCUT2D eigenvalue weighted by molar-refractivity contribution is 7.92. The van der Waals surface area contributed by atoms with E-state index in [1.165, 1.54) is 61.6 Å². The minimum absolute atomic E-state index is 0.0456. The number of amides is 2. The number of rotatable bonds is 11. The van der Waals surface area contributed by atoms with Gasteiger partial charge in [-0.2, -0.15) is 0 Å². The van der Waals surface area contributed by atoms with Crippen molar-refractivity contribution in [2.24, 2.45) is 0 Å². The van der Waals surface area contributed by atoms with E-state index in [1.54, 1.807) is 31.2 Å². The number of halogens is 1. The standard InChI is InChI=1S/C31H38FN3O6S/c1-21-8-14-25(15-9-21)35(42(38,39)26-16-17-27(40-6)28(18-26)41-7)20-29(36)34(19-23-10-12-24(32)13-11-23)22(2)30(37)33-31(3,4)5/h8-18,22H,19-20H2,1-7H3,(H,33,37). The number of hydrogen-bond acceptors (Lipinski definition) is 6.